The van der Waals surface area contributed by atoms with E-state index < -0.39 is 0 Å². The molecule has 5 nitrogen and oxygen atoms in total. The third kappa shape index (κ3) is 3.88. The van der Waals surface area contributed by atoms with E-state index in [1.165, 1.54) is 0 Å². The summed E-state index contributed by atoms with van der Waals surface area (Å²) in [4.78, 5) is 14.4. The van der Waals surface area contributed by atoms with Crippen molar-refractivity contribution in [2.45, 2.75) is 32.8 Å². The van der Waals surface area contributed by atoms with Gasteiger partial charge < -0.3 is 20.1 Å². The second kappa shape index (κ2) is 7.31. The lowest BCUT2D eigenvalue weighted by atomic mass is 10.1. The zero-order valence-corrected chi connectivity index (χ0v) is 12.8. The van der Waals surface area contributed by atoms with Crippen LogP contribution in [0.25, 0.3) is 0 Å². The SMILES string of the molecule is CCOc1ccc(C(=O)N2CCCC(OCC)C2)cc1N. The lowest BCUT2D eigenvalue weighted by Gasteiger charge is -2.32. The lowest BCUT2D eigenvalue weighted by Crippen LogP contribution is -2.43. The Morgan fingerprint density at radius 3 is 2.86 bits per heavy atom. The molecule has 1 aromatic rings. The van der Waals surface area contributed by atoms with Gasteiger partial charge in [-0.25, -0.2) is 0 Å². The molecule has 1 amide bonds. The maximum absolute atomic E-state index is 12.5. The normalized spacial score (nSPS) is 18.6. The van der Waals surface area contributed by atoms with E-state index in [2.05, 4.69) is 0 Å². The molecule has 0 spiro atoms. The van der Waals surface area contributed by atoms with Gasteiger partial charge in [0.05, 0.1) is 18.4 Å². The molecule has 0 saturated carbocycles. The largest absolute Gasteiger partial charge is 0.492 e. The molecular formula is C16H24N2O3. The highest BCUT2D eigenvalue weighted by Crippen LogP contribution is 2.24. The summed E-state index contributed by atoms with van der Waals surface area (Å²) in [6.45, 7) is 6.55. The molecule has 0 aliphatic carbocycles. The zero-order chi connectivity index (χ0) is 15.2. The maximum atomic E-state index is 12.5. The van der Waals surface area contributed by atoms with E-state index in [1.54, 1.807) is 18.2 Å². The number of carbonyl (C=O) groups excluding carboxylic acids is 1. The number of benzene rings is 1. The molecule has 5 heteroatoms. The van der Waals surface area contributed by atoms with E-state index in [9.17, 15) is 4.79 Å². The fraction of sp³-hybridized carbons (Fsp3) is 0.562. The van der Waals surface area contributed by atoms with Gasteiger partial charge in [-0.15, -0.1) is 0 Å². The van der Waals surface area contributed by atoms with Gasteiger partial charge in [-0.1, -0.05) is 0 Å². The van der Waals surface area contributed by atoms with Gasteiger partial charge in [0.2, 0.25) is 0 Å². The van der Waals surface area contributed by atoms with Gasteiger partial charge >= 0.3 is 0 Å². The molecule has 1 unspecified atom stereocenters. The number of nitrogens with two attached hydrogens (primary N) is 1. The summed E-state index contributed by atoms with van der Waals surface area (Å²) in [6.07, 6.45) is 2.14. The first kappa shape index (κ1) is 15.6. The fourth-order valence-corrected chi connectivity index (χ4v) is 2.65. The predicted octanol–water partition coefficient (Wildman–Crippen LogP) is 2.31. The number of hydrogen-bond acceptors (Lipinski definition) is 4. The average Bonchev–Trinajstić information content (AvgIpc) is 2.49. The molecule has 1 heterocycles. The first-order chi connectivity index (χ1) is 10.2. The molecule has 1 aliphatic rings. The van der Waals surface area contributed by atoms with Crippen LogP contribution in [-0.4, -0.2) is 43.2 Å². The molecule has 0 aromatic heterocycles. The molecule has 0 radical (unpaired) electrons. The van der Waals surface area contributed by atoms with Crippen molar-refractivity contribution in [3.63, 3.8) is 0 Å². The Morgan fingerprint density at radius 1 is 1.38 bits per heavy atom. The van der Waals surface area contributed by atoms with Gasteiger partial charge in [0.25, 0.3) is 5.91 Å². The predicted molar refractivity (Wildman–Crippen MR) is 82.6 cm³/mol. The topological polar surface area (TPSA) is 64.8 Å². The number of anilines is 1. The van der Waals surface area contributed by atoms with Crippen LogP contribution in [0, 0.1) is 0 Å². The number of rotatable bonds is 5. The van der Waals surface area contributed by atoms with Crippen molar-refractivity contribution in [2.75, 3.05) is 32.0 Å². The van der Waals surface area contributed by atoms with Gasteiger partial charge in [-0.2, -0.15) is 0 Å². The molecule has 1 atom stereocenters. The van der Waals surface area contributed by atoms with Gasteiger partial charge in [-0.05, 0) is 44.9 Å². The van der Waals surface area contributed by atoms with Crippen molar-refractivity contribution in [2.24, 2.45) is 0 Å². The summed E-state index contributed by atoms with van der Waals surface area (Å²) >= 11 is 0. The molecule has 21 heavy (non-hydrogen) atoms. The van der Waals surface area contributed by atoms with Crippen LogP contribution in [0.5, 0.6) is 5.75 Å². The van der Waals surface area contributed by atoms with Crippen molar-refractivity contribution in [3.05, 3.63) is 23.8 Å². The van der Waals surface area contributed by atoms with Crippen LogP contribution in [0.15, 0.2) is 18.2 Å². The molecule has 2 N–H and O–H groups in total. The highest BCUT2D eigenvalue weighted by atomic mass is 16.5. The number of hydrogen-bond donors (Lipinski definition) is 1. The van der Waals surface area contributed by atoms with Crippen LogP contribution in [0.2, 0.25) is 0 Å². The standard InChI is InChI=1S/C16H24N2O3/c1-3-20-13-6-5-9-18(11-13)16(19)12-7-8-15(21-4-2)14(17)10-12/h7-8,10,13H,3-6,9,11,17H2,1-2H3. The first-order valence-corrected chi connectivity index (χ1v) is 7.58. The Labute approximate surface area is 126 Å². The van der Waals surface area contributed by atoms with Gasteiger partial charge in [0.15, 0.2) is 0 Å². The minimum absolute atomic E-state index is 0.00847. The van der Waals surface area contributed by atoms with E-state index in [1.807, 2.05) is 18.7 Å². The molecule has 116 valence electrons. The average molecular weight is 292 g/mol. The fourth-order valence-electron chi connectivity index (χ4n) is 2.65. The van der Waals surface area contributed by atoms with Crippen LogP contribution in [-0.2, 0) is 4.74 Å². The highest BCUT2D eigenvalue weighted by Gasteiger charge is 2.25. The van der Waals surface area contributed by atoms with Crippen LogP contribution < -0.4 is 10.5 Å². The number of nitrogens with zero attached hydrogens (tertiary/aromatic N) is 1. The van der Waals surface area contributed by atoms with Crippen molar-refractivity contribution in [3.8, 4) is 5.75 Å². The summed E-state index contributed by atoms with van der Waals surface area (Å²) in [5.74, 6) is 0.633. The number of amides is 1. The summed E-state index contributed by atoms with van der Waals surface area (Å²) in [7, 11) is 0. The van der Waals surface area contributed by atoms with E-state index >= 15 is 0 Å². The molecule has 0 bridgehead atoms. The zero-order valence-electron chi connectivity index (χ0n) is 12.8. The maximum Gasteiger partial charge on any atom is 0.254 e. The molecular weight excluding hydrogens is 268 g/mol. The second-order valence-electron chi connectivity index (χ2n) is 5.16. The minimum Gasteiger partial charge on any atom is -0.492 e. The number of carbonyl (C=O) groups is 1. The number of ether oxygens (including phenoxy) is 2. The van der Waals surface area contributed by atoms with Crippen molar-refractivity contribution < 1.29 is 14.3 Å². The van der Waals surface area contributed by atoms with Crippen LogP contribution in [0.4, 0.5) is 5.69 Å². The van der Waals surface area contributed by atoms with Crippen molar-refractivity contribution >= 4 is 11.6 Å². The monoisotopic (exact) mass is 292 g/mol. The molecule has 2 rings (SSSR count). The third-order valence-electron chi connectivity index (χ3n) is 3.62. The molecule has 1 aromatic carbocycles. The van der Waals surface area contributed by atoms with Gasteiger partial charge in [-0.3, -0.25) is 4.79 Å². The highest BCUT2D eigenvalue weighted by molar-refractivity contribution is 5.95. The van der Waals surface area contributed by atoms with Gasteiger partial charge in [0, 0.05) is 25.3 Å². The quantitative estimate of drug-likeness (QED) is 0.846. The number of nitrogen functional groups attached to an aromatic ring is 1. The summed E-state index contributed by atoms with van der Waals surface area (Å²) in [5.41, 5.74) is 7.04. The van der Waals surface area contributed by atoms with E-state index in [0.717, 1.165) is 19.4 Å². The Bertz CT molecular complexity index is 488. The molecule has 1 aliphatic heterocycles. The number of piperidine rings is 1. The van der Waals surface area contributed by atoms with Crippen LogP contribution >= 0.6 is 0 Å². The Morgan fingerprint density at radius 2 is 2.19 bits per heavy atom. The smallest absolute Gasteiger partial charge is 0.254 e. The third-order valence-corrected chi connectivity index (χ3v) is 3.62. The summed E-state index contributed by atoms with van der Waals surface area (Å²) in [5, 5.41) is 0. The van der Waals surface area contributed by atoms with E-state index in [4.69, 9.17) is 15.2 Å². The summed E-state index contributed by atoms with van der Waals surface area (Å²) < 4.78 is 11.0. The summed E-state index contributed by atoms with van der Waals surface area (Å²) in [6, 6.07) is 5.22. The van der Waals surface area contributed by atoms with Gasteiger partial charge in [0.1, 0.15) is 5.75 Å². The van der Waals surface area contributed by atoms with Crippen molar-refractivity contribution in [1.82, 2.24) is 4.90 Å². The Hall–Kier alpha value is -1.75. The van der Waals surface area contributed by atoms with Crippen LogP contribution in [0.1, 0.15) is 37.0 Å². The number of likely N-dealkylation sites (tertiary alicyclic amines) is 1. The van der Waals surface area contributed by atoms with E-state index in [-0.39, 0.29) is 12.0 Å². The minimum atomic E-state index is 0.00847. The lowest BCUT2D eigenvalue weighted by molar-refractivity contribution is 0.00724. The Kier molecular flexibility index (Phi) is 5.44. The second-order valence-corrected chi connectivity index (χ2v) is 5.16. The van der Waals surface area contributed by atoms with Crippen molar-refractivity contribution in [1.29, 1.82) is 0 Å². The first-order valence-electron chi connectivity index (χ1n) is 7.58. The molecule has 1 fully saturated rings. The molecule has 1 saturated heterocycles. The van der Waals surface area contributed by atoms with Crippen LogP contribution in [0.3, 0.4) is 0 Å². The Balaban J connectivity index is 2.07. The van der Waals surface area contributed by atoms with E-state index in [0.29, 0.717) is 36.8 Å².